The first-order valence-corrected chi connectivity index (χ1v) is 14.6. The van der Waals surface area contributed by atoms with E-state index in [2.05, 4.69) is 22.6 Å². The Balaban J connectivity index is -0.000000133. The summed E-state index contributed by atoms with van der Waals surface area (Å²) in [6.45, 7) is 22.6. The summed E-state index contributed by atoms with van der Waals surface area (Å²) in [5, 5.41) is 10.1. The molecule has 5 nitrogen and oxygen atoms in total. The number of carbonyl (C=O) groups excluding carboxylic acids is 4. The van der Waals surface area contributed by atoms with Gasteiger partial charge < -0.3 is 5.11 Å². The maximum Gasteiger partial charge on any atom is 1.00 e. The van der Waals surface area contributed by atoms with Crippen molar-refractivity contribution in [1.82, 2.24) is 0 Å². The van der Waals surface area contributed by atoms with Crippen LogP contribution in [0, 0.1) is 29.6 Å². The number of Topliss-reactive ketones (excluding diaryl/α,β-unsaturated/α-hetero) is 4. The van der Waals surface area contributed by atoms with Crippen molar-refractivity contribution in [2.24, 2.45) is 29.6 Å². The number of carbonyl (C=O) groups is 4. The largest absolute Gasteiger partial charge is 1.00 e. The van der Waals surface area contributed by atoms with Crippen LogP contribution in [-0.2, 0) is 19.2 Å². The number of hydrogen-bond acceptors (Lipinski definition) is 5. The van der Waals surface area contributed by atoms with Crippen LogP contribution >= 0.6 is 22.6 Å². The van der Waals surface area contributed by atoms with Gasteiger partial charge in [-0.15, -0.1) is 5.60 Å². The quantitative estimate of drug-likeness (QED) is 0.141. The number of alkyl halides is 1. The van der Waals surface area contributed by atoms with E-state index in [0.29, 0.717) is 49.4 Å². The van der Waals surface area contributed by atoms with Gasteiger partial charge in [0.05, 0.1) is 12.3 Å². The Morgan fingerprint density at radius 3 is 0.971 bits per heavy atom. The van der Waals surface area contributed by atoms with Gasteiger partial charge in [-0.2, -0.15) is 0 Å². The van der Waals surface area contributed by atoms with E-state index in [1.807, 2.05) is 60.3 Å². The Labute approximate surface area is 273 Å². The van der Waals surface area contributed by atoms with Crippen LogP contribution in [-0.4, -0.2) is 33.7 Å². The Bertz CT molecular complexity index is 516. The molecule has 0 aromatic carbocycles. The number of halogens is 1. The first-order valence-electron chi connectivity index (χ1n) is 12.4. The topological polar surface area (TPSA) is 91.3 Å². The fourth-order valence-corrected chi connectivity index (χ4v) is 2.61. The Hall–Kier alpha value is 1.01. The molecule has 0 amide bonds. The molecule has 0 aromatic rings. The van der Waals surface area contributed by atoms with Crippen molar-refractivity contribution in [3.05, 3.63) is 0 Å². The molecule has 0 aliphatic heterocycles. The average molecular weight is 637 g/mol. The molecule has 7 heteroatoms. The van der Waals surface area contributed by atoms with Crippen LogP contribution in [0.15, 0.2) is 0 Å². The van der Waals surface area contributed by atoms with E-state index in [1.165, 1.54) is 0 Å². The molecule has 0 saturated heterocycles. The first-order chi connectivity index (χ1) is 15.3. The van der Waals surface area contributed by atoms with Gasteiger partial charge in [-0.1, -0.05) is 98.8 Å². The van der Waals surface area contributed by atoms with Crippen LogP contribution in [0.1, 0.15) is 115 Å². The predicted octanol–water partition coefficient (Wildman–Crippen LogP) is 3.66. The third-order valence-corrected chi connectivity index (χ3v) is 3.85. The minimum absolute atomic E-state index is 0. The summed E-state index contributed by atoms with van der Waals surface area (Å²) < 4.78 is 0. The molecule has 0 rings (SSSR count). The minimum atomic E-state index is -0.750. The second kappa shape index (κ2) is 26.6. The van der Waals surface area contributed by atoms with E-state index in [1.54, 1.807) is 27.7 Å². The first kappa shape index (κ1) is 45.9. The van der Waals surface area contributed by atoms with E-state index in [-0.39, 0.29) is 80.9 Å². The Kier molecular flexibility index (Phi) is 34.9. The summed E-state index contributed by atoms with van der Waals surface area (Å²) in [6.07, 6.45) is 2.24. The summed E-state index contributed by atoms with van der Waals surface area (Å²) >= 11 is 2.15. The van der Waals surface area contributed by atoms with Crippen LogP contribution < -0.4 is 56.5 Å². The zero-order valence-corrected chi connectivity index (χ0v) is 30.6. The molecule has 204 valence electrons. The summed E-state index contributed by atoms with van der Waals surface area (Å²) in [4.78, 5) is 47.5. The van der Waals surface area contributed by atoms with Crippen LogP contribution in [0.2, 0.25) is 0 Å². The van der Waals surface area contributed by atoms with Gasteiger partial charge in [-0.3, -0.25) is 19.2 Å². The number of hydrogen-bond donors (Lipinski definition) is 0. The minimum Gasteiger partial charge on any atom is -0.850 e. The number of ketones is 4. The summed E-state index contributed by atoms with van der Waals surface area (Å²) in [5.41, 5.74) is -0.750. The summed E-state index contributed by atoms with van der Waals surface area (Å²) in [7, 11) is 0. The van der Waals surface area contributed by atoms with Gasteiger partial charge in [0.15, 0.2) is 0 Å². The van der Waals surface area contributed by atoms with Crippen molar-refractivity contribution >= 4 is 45.7 Å². The summed E-state index contributed by atoms with van der Waals surface area (Å²) in [5.74, 6) is 1.35. The van der Waals surface area contributed by atoms with Gasteiger partial charge in [0, 0.05) is 25.7 Å². The third-order valence-electron chi connectivity index (χ3n) is 3.85. The molecule has 35 heavy (non-hydrogen) atoms. The van der Waals surface area contributed by atoms with Crippen molar-refractivity contribution < 1.29 is 75.7 Å². The molecule has 0 atom stereocenters. The van der Waals surface area contributed by atoms with E-state index in [0.717, 1.165) is 0 Å². The fourth-order valence-electron chi connectivity index (χ4n) is 2.61. The second-order valence-electron chi connectivity index (χ2n) is 11.4. The molecule has 0 aromatic heterocycles. The molecule has 0 saturated carbocycles. The van der Waals surface area contributed by atoms with Gasteiger partial charge in [-0.05, 0) is 35.5 Å². The van der Waals surface area contributed by atoms with Gasteiger partial charge in [-0.25, -0.2) is 0 Å². The van der Waals surface area contributed by atoms with Crippen molar-refractivity contribution in [3.63, 3.8) is 0 Å². The van der Waals surface area contributed by atoms with E-state index < -0.39 is 11.5 Å². The third kappa shape index (κ3) is 45.3. The smallest absolute Gasteiger partial charge is 0.850 e. The predicted molar refractivity (Wildman–Crippen MR) is 151 cm³/mol. The van der Waals surface area contributed by atoms with Gasteiger partial charge in [0.25, 0.3) is 0 Å². The molecule has 0 aliphatic carbocycles. The van der Waals surface area contributed by atoms with Crippen LogP contribution in [0.5, 0.6) is 0 Å². The molecule has 0 heterocycles. The molecule has 0 bridgehead atoms. The van der Waals surface area contributed by atoms with Gasteiger partial charge in [0.1, 0.15) is 23.1 Å². The molecular weight excluding hydrogens is 582 g/mol. The molecule has 0 spiro atoms. The average Bonchev–Trinajstić information content (AvgIpc) is 2.59. The van der Waals surface area contributed by atoms with E-state index >= 15 is 0 Å². The monoisotopic (exact) mass is 636 g/mol. The Morgan fingerprint density at radius 2 is 0.800 bits per heavy atom. The Morgan fingerprint density at radius 1 is 0.600 bits per heavy atom. The van der Waals surface area contributed by atoms with Gasteiger partial charge in [0.2, 0.25) is 0 Å². The zero-order valence-electron chi connectivity index (χ0n) is 25.3. The second-order valence-corrected chi connectivity index (χ2v) is 11.4. The normalized spacial score (nSPS) is 10.5. The van der Waals surface area contributed by atoms with Crippen LogP contribution in [0.4, 0.5) is 0 Å². The maximum atomic E-state index is 11.6. The SMILES string of the molecule is CC(C)(C)[O-].CC(C)CC(=O)C(C)C(=O)CC(C)C.CC(C)CC(=O)CC(=O)CC(C)C.CI.[K+]. The van der Waals surface area contributed by atoms with E-state index in [4.69, 9.17) is 0 Å². The molecule has 0 N–H and O–H groups in total. The van der Waals surface area contributed by atoms with Crippen LogP contribution in [0.25, 0.3) is 0 Å². The van der Waals surface area contributed by atoms with E-state index in [9.17, 15) is 24.3 Å². The van der Waals surface area contributed by atoms with Gasteiger partial charge >= 0.3 is 51.4 Å². The van der Waals surface area contributed by atoms with Crippen molar-refractivity contribution in [1.29, 1.82) is 0 Å². The van der Waals surface area contributed by atoms with Crippen molar-refractivity contribution in [2.45, 2.75) is 121 Å². The molecule has 0 radical (unpaired) electrons. The molecule has 0 fully saturated rings. The number of rotatable bonds is 12. The van der Waals surface area contributed by atoms with Crippen molar-refractivity contribution in [2.75, 3.05) is 4.93 Å². The van der Waals surface area contributed by atoms with Crippen molar-refractivity contribution in [3.8, 4) is 0 Å². The maximum absolute atomic E-state index is 11.6. The van der Waals surface area contributed by atoms with Crippen LogP contribution in [0.3, 0.4) is 0 Å². The summed E-state index contributed by atoms with van der Waals surface area (Å²) in [6, 6.07) is 0. The fraction of sp³-hybridized carbons (Fsp3) is 0.857. The molecule has 0 aliphatic rings. The standard InChI is InChI=1S/C12H22O2.C11H20O2.C4H9O.CH3I.K/c1-8(2)6-11(13)10(5)12(14)7-9(3)4;1-8(2)5-10(12)7-11(13)6-9(3)4;1-4(2,3)5;1-2;/h8-10H,6-7H2,1-5H3;8-9H,5-7H2,1-4H3;1-3H3;1H3;/q;;-1;;+1. The zero-order chi connectivity index (χ0) is 28.2. The molecular formula is C28H54IKO5. The molecule has 0 unspecified atom stereocenters.